The monoisotopic (exact) mass is 554 g/mol. The van der Waals surface area contributed by atoms with Crippen LogP contribution in [0.1, 0.15) is 13.8 Å². The van der Waals surface area contributed by atoms with Crippen molar-refractivity contribution in [2.24, 2.45) is 11.8 Å². The molecule has 0 aromatic heterocycles. The van der Waals surface area contributed by atoms with Crippen molar-refractivity contribution in [1.82, 2.24) is 0 Å². The fourth-order valence-electron chi connectivity index (χ4n) is 3.18. The predicted molar refractivity (Wildman–Crippen MR) is 156 cm³/mol. The Labute approximate surface area is 225 Å². The van der Waals surface area contributed by atoms with Crippen LogP contribution in [0.5, 0.6) is 0 Å². The van der Waals surface area contributed by atoms with Crippen molar-refractivity contribution in [2.45, 2.75) is 13.8 Å². The molecule has 0 spiro atoms. The van der Waals surface area contributed by atoms with Crippen molar-refractivity contribution in [2.75, 3.05) is 13.2 Å². The molecule has 0 amide bonds. The van der Waals surface area contributed by atoms with Crippen LogP contribution in [-0.2, 0) is 9.13 Å². The van der Waals surface area contributed by atoms with Crippen molar-refractivity contribution >= 4 is 36.0 Å². The highest BCUT2D eigenvalue weighted by Crippen LogP contribution is 2.38. The molecule has 38 heavy (non-hydrogen) atoms. The minimum atomic E-state index is -3.40. The van der Waals surface area contributed by atoms with E-state index >= 15 is 0 Å². The highest BCUT2D eigenvalue weighted by molar-refractivity contribution is 7.73. The van der Waals surface area contributed by atoms with Crippen LogP contribution in [0.4, 0.5) is 0 Å². The van der Waals surface area contributed by atoms with E-state index in [1.807, 2.05) is 38.1 Å². The Morgan fingerprint density at radius 1 is 0.474 bits per heavy atom. The Bertz CT molecular complexity index is 1100. The van der Waals surface area contributed by atoms with E-state index < -0.39 is 14.7 Å². The molecule has 8 heteroatoms. The van der Waals surface area contributed by atoms with Gasteiger partial charge in [0.05, 0.1) is 0 Å². The van der Waals surface area contributed by atoms with E-state index in [-0.39, 0.29) is 25.0 Å². The van der Waals surface area contributed by atoms with Gasteiger partial charge in [-0.15, -0.1) is 0 Å². The maximum atomic E-state index is 12.2. The van der Waals surface area contributed by atoms with Crippen LogP contribution >= 0.6 is 14.7 Å². The quantitative estimate of drug-likeness (QED) is 0.256. The van der Waals surface area contributed by atoms with Gasteiger partial charge < -0.3 is 20.0 Å². The first-order valence-corrected chi connectivity index (χ1v) is 15.6. The Morgan fingerprint density at radius 2 is 0.658 bits per heavy atom. The maximum Gasteiger partial charge on any atom is 0.258 e. The van der Waals surface area contributed by atoms with Crippen LogP contribution in [0.3, 0.4) is 0 Å². The van der Waals surface area contributed by atoms with E-state index in [0.717, 1.165) is 0 Å². The molecule has 0 bridgehead atoms. The number of rotatable bonds is 7. The number of benzene rings is 4. The molecule has 202 valence electrons. The topological polar surface area (TPSA) is 115 Å². The summed E-state index contributed by atoms with van der Waals surface area (Å²) in [5, 5.41) is 18.9. The molecular formula is C30H36O6P2. The average Bonchev–Trinajstić information content (AvgIpc) is 2.98. The van der Waals surface area contributed by atoms with Gasteiger partial charge in [0.15, 0.2) is 0 Å². The third kappa shape index (κ3) is 9.18. The average molecular weight is 555 g/mol. The number of aliphatic hydroxyl groups excluding tert-OH is 2. The first-order valence-electron chi connectivity index (χ1n) is 12.2. The molecule has 0 radical (unpaired) electrons. The molecule has 0 heterocycles. The second-order valence-corrected chi connectivity index (χ2v) is 13.2. The van der Waals surface area contributed by atoms with Crippen molar-refractivity contribution in [3.8, 4) is 0 Å². The van der Waals surface area contributed by atoms with E-state index in [1.54, 1.807) is 97.1 Å². The zero-order valence-corrected chi connectivity index (χ0v) is 23.4. The number of aliphatic hydroxyl groups is 2. The number of hydrogen-bond acceptors (Lipinski definition) is 4. The fourth-order valence-corrected chi connectivity index (χ4v) is 6.08. The van der Waals surface area contributed by atoms with Gasteiger partial charge in [0, 0.05) is 34.4 Å². The lowest BCUT2D eigenvalue weighted by atomic mass is 9.98. The molecule has 6 nitrogen and oxygen atoms in total. The minimum Gasteiger partial charge on any atom is -0.396 e. The second kappa shape index (κ2) is 15.6. The lowest BCUT2D eigenvalue weighted by Crippen LogP contribution is -2.15. The standard InChI is InChI=1S/2C12H11O2P.C6H14O2/c2*13-15(14,11-7-3-1-4-8-11)12-9-5-2-6-10-12;1-5(3-7)6(2)4-8/h2*1-10H,(H,13,14);5-8H,3-4H2,1-2H3. The summed E-state index contributed by atoms with van der Waals surface area (Å²) in [6.45, 7) is 4.17. The Kier molecular flexibility index (Phi) is 12.9. The third-order valence-electron chi connectivity index (χ3n) is 5.97. The molecule has 0 fully saturated rings. The van der Waals surface area contributed by atoms with Gasteiger partial charge >= 0.3 is 0 Å². The Balaban J connectivity index is 0.000000211. The lowest BCUT2D eigenvalue weighted by molar-refractivity contribution is 0.141. The smallest absolute Gasteiger partial charge is 0.258 e. The zero-order chi connectivity index (χ0) is 28.0. The summed E-state index contributed by atoms with van der Waals surface area (Å²) in [7, 11) is -6.79. The number of hydrogen-bond donors (Lipinski definition) is 4. The minimum absolute atomic E-state index is 0.168. The first-order chi connectivity index (χ1) is 18.1. The summed E-state index contributed by atoms with van der Waals surface area (Å²) in [6, 6.07) is 34.8. The van der Waals surface area contributed by atoms with Crippen LogP contribution in [0.2, 0.25) is 0 Å². The van der Waals surface area contributed by atoms with Gasteiger partial charge in [-0.2, -0.15) is 0 Å². The molecule has 2 atom stereocenters. The van der Waals surface area contributed by atoms with Gasteiger partial charge in [-0.1, -0.05) is 86.6 Å². The third-order valence-corrected chi connectivity index (χ3v) is 9.96. The molecule has 0 saturated heterocycles. The largest absolute Gasteiger partial charge is 0.396 e. The molecule has 0 saturated carbocycles. The lowest BCUT2D eigenvalue weighted by Gasteiger charge is -2.13. The molecule has 4 N–H and O–H groups in total. The highest BCUT2D eigenvalue weighted by Gasteiger charge is 2.23. The van der Waals surface area contributed by atoms with Crippen molar-refractivity contribution in [1.29, 1.82) is 0 Å². The molecule has 4 aromatic carbocycles. The SMILES string of the molecule is CC(CO)C(C)CO.O=P(O)(c1ccccc1)c1ccccc1.O=P(O)(c1ccccc1)c1ccccc1. The highest BCUT2D eigenvalue weighted by atomic mass is 31.2. The summed E-state index contributed by atoms with van der Waals surface area (Å²) in [5.41, 5.74) is 0. The van der Waals surface area contributed by atoms with Gasteiger partial charge in [0.25, 0.3) is 14.7 Å². The molecular weight excluding hydrogens is 518 g/mol. The van der Waals surface area contributed by atoms with E-state index in [0.29, 0.717) is 21.2 Å². The van der Waals surface area contributed by atoms with Gasteiger partial charge in [-0.3, -0.25) is 9.13 Å². The van der Waals surface area contributed by atoms with Gasteiger partial charge in [-0.05, 0) is 60.4 Å². The summed E-state index contributed by atoms with van der Waals surface area (Å²) < 4.78 is 24.3. The van der Waals surface area contributed by atoms with Gasteiger partial charge in [-0.25, -0.2) is 0 Å². The first kappa shape index (κ1) is 31.4. The van der Waals surface area contributed by atoms with E-state index in [2.05, 4.69) is 0 Å². The van der Waals surface area contributed by atoms with Crippen LogP contribution < -0.4 is 21.2 Å². The van der Waals surface area contributed by atoms with Gasteiger partial charge in [0.1, 0.15) is 0 Å². The van der Waals surface area contributed by atoms with Gasteiger partial charge in [0.2, 0.25) is 0 Å². The van der Waals surface area contributed by atoms with E-state index in [4.69, 9.17) is 10.2 Å². The van der Waals surface area contributed by atoms with Crippen molar-refractivity contribution < 1.29 is 29.1 Å². The molecule has 4 rings (SSSR count). The fraction of sp³-hybridized carbons (Fsp3) is 0.200. The van der Waals surface area contributed by atoms with E-state index in [9.17, 15) is 18.9 Å². The van der Waals surface area contributed by atoms with Crippen LogP contribution in [0, 0.1) is 11.8 Å². The second-order valence-electron chi connectivity index (χ2n) is 8.81. The van der Waals surface area contributed by atoms with E-state index in [1.165, 1.54) is 0 Å². The molecule has 0 aliphatic rings. The molecule has 4 aromatic rings. The predicted octanol–water partition coefficient (Wildman–Crippen LogP) is 4.06. The van der Waals surface area contributed by atoms with Crippen molar-refractivity contribution in [3.63, 3.8) is 0 Å². The molecule has 0 aliphatic heterocycles. The Hall–Kier alpha value is -2.82. The van der Waals surface area contributed by atoms with Crippen LogP contribution in [0.15, 0.2) is 121 Å². The summed E-state index contributed by atoms with van der Waals surface area (Å²) in [5.74, 6) is 0.444. The Morgan fingerprint density at radius 3 is 0.816 bits per heavy atom. The van der Waals surface area contributed by atoms with Crippen LogP contribution in [-0.4, -0.2) is 33.2 Å². The summed E-state index contributed by atoms with van der Waals surface area (Å²) in [6.07, 6.45) is 0. The van der Waals surface area contributed by atoms with Crippen molar-refractivity contribution in [3.05, 3.63) is 121 Å². The maximum absolute atomic E-state index is 12.2. The molecule has 0 aliphatic carbocycles. The van der Waals surface area contributed by atoms with Crippen LogP contribution in [0.25, 0.3) is 0 Å². The summed E-state index contributed by atoms with van der Waals surface area (Å²) >= 11 is 0. The molecule has 2 unspecified atom stereocenters. The zero-order valence-electron chi connectivity index (χ0n) is 21.6. The normalized spacial score (nSPS) is 12.7. The summed E-state index contributed by atoms with van der Waals surface area (Å²) in [4.78, 5) is 20.0.